The molecule has 0 fully saturated rings. The van der Waals surface area contributed by atoms with E-state index in [-0.39, 0.29) is 20.6 Å². The molecule has 1 heterocycles. The van der Waals surface area contributed by atoms with Crippen molar-refractivity contribution in [1.29, 1.82) is 0 Å². The van der Waals surface area contributed by atoms with E-state index in [1.54, 1.807) is 0 Å². The predicted octanol–water partition coefficient (Wildman–Crippen LogP) is 5.34. The summed E-state index contributed by atoms with van der Waals surface area (Å²) in [6.45, 7) is 0. The van der Waals surface area contributed by atoms with Crippen molar-refractivity contribution in [3.05, 3.63) is 57.8 Å². The van der Waals surface area contributed by atoms with Crippen molar-refractivity contribution in [2.45, 2.75) is 11.1 Å². The molecule has 0 radical (unpaired) electrons. The first-order valence-corrected chi connectivity index (χ1v) is 7.05. The summed E-state index contributed by atoms with van der Waals surface area (Å²) in [5.41, 5.74) is -0.776. The number of pyridine rings is 1. The second-order valence-electron chi connectivity index (χ2n) is 3.91. The van der Waals surface area contributed by atoms with Gasteiger partial charge in [-0.2, -0.15) is 13.2 Å². The van der Waals surface area contributed by atoms with E-state index in [9.17, 15) is 18.0 Å². The highest BCUT2D eigenvalue weighted by atomic mass is 35.5. The van der Waals surface area contributed by atoms with E-state index in [2.05, 4.69) is 4.98 Å². The van der Waals surface area contributed by atoms with Crippen LogP contribution in [-0.4, -0.2) is 10.1 Å². The van der Waals surface area contributed by atoms with Crippen LogP contribution in [0.2, 0.25) is 10.2 Å². The molecule has 0 aliphatic heterocycles. The zero-order valence-corrected chi connectivity index (χ0v) is 12.4. The topological polar surface area (TPSA) is 30.0 Å². The van der Waals surface area contributed by atoms with E-state index in [0.29, 0.717) is 11.8 Å². The number of nitrogens with zero attached hydrogens (tertiary/aromatic N) is 1. The molecule has 0 amide bonds. The Morgan fingerprint density at radius 2 is 1.90 bits per heavy atom. The number of benzene rings is 1. The first-order valence-electron chi connectivity index (χ1n) is 5.48. The van der Waals surface area contributed by atoms with E-state index in [0.717, 1.165) is 12.1 Å². The number of rotatable bonds is 2. The van der Waals surface area contributed by atoms with Crippen LogP contribution in [0.25, 0.3) is 0 Å². The van der Waals surface area contributed by atoms with Crippen LogP contribution in [0.3, 0.4) is 0 Å². The van der Waals surface area contributed by atoms with Gasteiger partial charge in [0.2, 0.25) is 5.12 Å². The Balaban J connectivity index is 2.26. The molecule has 8 heteroatoms. The monoisotopic (exact) mass is 351 g/mol. The number of aromatic nitrogens is 1. The van der Waals surface area contributed by atoms with E-state index in [1.807, 2.05) is 0 Å². The van der Waals surface area contributed by atoms with Crippen molar-refractivity contribution < 1.29 is 18.0 Å². The molecule has 0 unspecified atom stereocenters. The number of halogens is 5. The maximum atomic E-state index is 12.6. The highest BCUT2D eigenvalue weighted by Gasteiger charge is 2.30. The molecule has 2 nitrogen and oxygen atoms in total. The summed E-state index contributed by atoms with van der Waals surface area (Å²) in [6.07, 6.45) is -3.19. The SMILES string of the molecule is O=C(Sc1cccc(C(F)(F)F)c1)c1cc(Cl)cnc1Cl. The average Bonchev–Trinajstić information content (AvgIpc) is 2.41. The summed E-state index contributed by atoms with van der Waals surface area (Å²) >= 11 is 12.1. The van der Waals surface area contributed by atoms with E-state index < -0.39 is 16.9 Å². The highest BCUT2D eigenvalue weighted by molar-refractivity contribution is 8.14. The molecule has 0 saturated carbocycles. The third-order valence-corrected chi connectivity index (χ3v) is 3.80. The molecule has 0 saturated heterocycles. The summed E-state index contributed by atoms with van der Waals surface area (Å²) < 4.78 is 37.8. The van der Waals surface area contributed by atoms with Gasteiger partial charge in [0, 0.05) is 11.1 Å². The average molecular weight is 352 g/mol. The molecule has 0 aliphatic carbocycles. The number of hydrogen-bond donors (Lipinski definition) is 0. The molecule has 0 bridgehead atoms. The van der Waals surface area contributed by atoms with Gasteiger partial charge >= 0.3 is 6.18 Å². The van der Waals surface area contributed by atoms with Crippen molar-refractivity contribution in [1.82, 2.24) is 4.98 Å². The quantitative estimate of drug-likeness (QED) is 0.540. The molecule has 2 aromatic rings. The van der Waals surface area contributed by atoms with Crippen LogP contribution in [0.5, 0.6) is 0 Å². The number of hydrogen-bond acceptors (Lipinski definition) is 3. The molecular weight excluding hydrogens is 346 g/mol. The van der Waals surface area contributed by atoms with Gasteiger partial charge in [-0.15, -0.1) is 0 Å². The van der Waals surface area contributed by atoms with Gasteiger partial charge in [0.15, 0.2) is 0 Å². The molecule has 1 aromatic carbocycles. The minimum Gasteiger partial charge on any atom is -0.281 e. The lowest BCUT2D eigenvalue weighted by atomic mass is 10.2. The normalized spacial score (nSPS) is 11.5. The zero-order valence-electron chi connectivity index (χ0n) is 10.1. The maximum absolute atomic E-state index is 12.6. The molecule has 0 aliphatic rings. The highest BCUT2D eigenvalue weighted by Crippen LogP contribution is 2.33. The Morgan fingerprint density at radius 3 is 2.57 bits per heavy atom. The van der Waals surface area contributed by atoms with Crippen LogP contribution in [0.4, 0.5) is 13.2 Å². The van der Waals surface area contributed by atoms with Crippen LogP contribution in [0, 0.1) is 0 Å². The van der Waals surface area contributed by atoms with Crippen molar-refractivity contribution in [3.63, 3.8) is 0 Å². The number of alkyl halides is 3. The molecule has 0 N–H and O–H groups in total. The van der Waals surface area contributed by atoms with Crippen molar-refractivity contribution in [2.24, 2.45) is 0 Å². The smallest absolute Gasteiger partial charge is 0.281 e. The lowest BCUT2D eigenvalue weighted by Gasteiger charge is -2.08. The Morgan fingerprint density at radius 1 is 1.19 bits per heavy atom. The first kappa shape index (κ1) is 16.1. The molecule has 0 atom stereocenters. The third kappa shape index (κ3) is 4.12. The lowest BCUT2D eigenvalue weighted by Crippen LogP contribution is -2.04. The van der Waals surface area contributed by atoms with E-state index in [1.165, 1.54) is 24.4 Å². The van der Waals surface area contributed by atoms with Crippen LogP contribution >= 0.6 is 35.0 Å². The molecule has 0 spiro atoms. The Hall–Kier alpha value is -1.24. The fourth-order valence-corrected chi connectivity index (χ4v) is 2.68. The van der Waals surface area contributed by atoms with Crippen molar-refractivity contribution in [3.8, 4) is 0 Å². The summed E-state index contributed by atoms with van der Waals surface area (Å²) in [5, 5.41) is -0.370. The Kier molecular flexibility index (Phi) is 4.81. The lowest BCUT2D eigenvalue weighted by molar-refractivity contribution is -0.137. The third-order valence-electron chi connectivity index (χ3n) is 2.40. The fourth-order valence-electron chi connectivity index (χ4n) is 1.46. The van der Waals surface area contributed by atoms with Gasteiger partial charge in [0.1, 0.15) is 5.15 Å². The summed E-state index contributed by atoms with van der Waals surface area (Å²) in [6, 6.07) is 5.79. The fraction of sp³-hybridized carbons (Fsp3) is 0.0769. The summed E-state index contributed by atoms with van der Waals surface area (Å²) in [4.78, 5) is 15.9. The molecular formula is C13H6Cl2F3NOS. The Labute approximate surface area is 132 Å². The van der Waals surface area contributed by atoms with Gasteiger partial charge in [-0.25, -0.2) is 4.98 Å². The number of carbonyl (C=O) groups is 1. The first-order chi connectivity index (χ1) is 9.77. The number of thioether (sulfide) groups is 1. The standard InChI is InChI=1S/C13H6Cl2F3NOS/c14-8-5-10(11(15)19-6-8)12(20)21-9-3-1-2-7(4-9)13(16,17)18/h1-6H. The molecule has 110 valence electrons. The largest absolute Gasteiger partial charge is 0.416 e. The van der Waals surface area contributed by atoms with Crippen molar-refractivity contribution in [2.75, 3.05) is 0 Å². The Bertz CT molecular complexity index is 691. The van der Waals surface area contributed by atoms with Gasteiger partial charge in [0.05, 0.1) is 16.1 Å². The van der Waals surface area contributed by atoms with Gasteiger partial charge in [0.25, 0.3) is 0 Å². The van der Waals surface area contributed by atoms with E-state index >= 15 is 0 Å². The molecule has 21 heavy (non-hydrogen) atoms. The maximum Gasteiger partial charge on any atom is 0.416 e. The minimum absolute atomic E-state index is 0.0478. The second kappa shape index (κ2) is 6.25. The van der Waals surface area contributed by atoms with Crippen LogP contribution in [0.1, 0.15) is 15.9 Å². The number of carbonyl (C=O) groups excluding carboxylic acids is 1. The molecule has 2 rings (SSSR count). The summed E-state index contributed by atoms with van der Waals surface area (Å²) in [7, 11) is 0. The van der Waals surface area contributed by atoms with Gasteiger partial charge in [-0.1, -0.05) is 29.3 Å². The summed E-state index contributed by atoms with van der Waals surface area (Å²) in [5.74, 6) is 0. The minimum atomic E-state index is -4.46. The second-order valence-corrected chi connectivity index (χ2v) is 5.75. The van der Waals surface area contributed by atoms with Gasteiger partial charge in [-0.05, 0) is 36.0 Å². The van der Waals surface area contributed by atoms with E-state index in [4.69, 9.17) is 23.2 Å². The van der Waals surface area contributed by atoms with Crippen LogP contribution in [0.15, 0.2) is 41.4 Å². The van der Waals surface area contributed by atoms with Crippen molar-refractivity contribution >= 4 is 40.1 Å². The van der Waals surface area contributed by atoms with Gasteiger partial charge in [-0.3, -0.25) is 4.79 Å². The molecule has 1 aromatic heterocycles. The van der Waals surface area contributed by atoms with Crippen LogP contribution < -0.4 is 0 Å². The van der Waals surface area contributed by atoms with Gasteiger partial charge < -0.3 is 0 Å². The van der Waals surface area contributed by atoms with Crippen LogP contribution in [-0.2, 0) is 6.18 Å². The zero-order chi connectivity index (χ0) is 15.6. The predicted molar refractivity (Wildman–Crippen MR) is 75.9 cm³/mol.